The zero-order valence-electron chi connectivity index (χ0n) is 11.1. The van der Waals surface area contributed by atoms with Crippen molar-refractivity contribution in [3.05, 3.63) is 48.5 Å². The number of thioether (sulfide) groups is 1. The van der Waals surface area contributed by atoms with E-state index in [1.807, 2.05) is 30.5 Å². The van der Waals surface area contributed by atoms with Crippen LogP contribution in [0, 0.1) is 0 Å². The Balaban J connectivity index is 1.84. The van der Waals surface area contributed by atoms with E-state index >= 15 is 0 Å². The molecule has 0 bridgehead atoms. The highest BCUT2D eigenvalue weighted by molar-refractivity contribution is 7.98. The average Bonchev–Trinajstić information content (AvgIpc) is 2.47. The maximum Gasteiger partial charge on any atom is 0.262 e. The molecule has 0 unspecified atom stereocenters. The van der Waals surface area contributed by atoms with Crippen LogP contribution in [0.4, 0.5) is 11.4 Å². The number of nitrogens with one attached hydrogen (secondary N) is 1. The van der Waals surface area contributed by atoms with Gasteiger partial charge in [-0.1, -0.05) is 0 Å². The number of anilines is 2. The van der Waals surface area contributed by atoms with Crippen LogP contribution in [0.3, 0.4) is 0 Å². The van der Waals surface area contributed by atoms with Gasteiger partial charge in [-0.05, 0) is 54.8 Å². The molecule has 1 amide bonds. The van der Waals surface area contributed by atoms with Crippen molar-refractivity contribution in [2.24, 2.45) is 0 Å². The highest BCUT2D eigenvalue weighted by Crippen LogP contribution is 2.17. The van der Waals surface area contributed by atoms with E-state index in [1.165, 1.54) is 0 Å². The van der Waals surface area contributed by atoms with Crippen LogP contribution >= 0.6 is 11.8 Å². The number of amides is 1. The molecule has 0 heterocycles. The molecule has 0 saturated heterocycles. The van der Waals surface area contributed by atoms with Gasteiger partial charge < -0.3 is 15.8 Å². The number of carbonyl (C=O) groups is 1. The molecule has 2 aromatic carbocycles. The first-order valence-corrected chi connectivity index (χ1v) is 7.32. The number of carbonyl (C=O) groups excluding carboxylic acids is 1. The number of ether oxygens (including phenoxy) is 1. The second-order valence-corrected chi connectivity index (χ2v) is 5.01. The minimum absolute atomic E-state index is 0.0335. The van der Waals surface area contributed by atoms with Crippen LogP contribution in [0.15, 0.2) is 53.4 Å². The van der Waals surface area contributed by atoms with Gasteiger partial charge in [-0.25, -0.2) is 0 Å². The fraction of sp³-hybridized carbons (Fsp3) is 0.133. The van der Waals surface area contributed by atoms with Crippen LogP contribution in [0.5, 0.6) is 5.75 Å². The Labute approximate surface area is 122 Å². The molecule has 20 heavy (non-hydrogen) atoms. The number of nitrogens with two attached hydrogens (primary N) is 1. The number of nitrogen functional groups attached to an aromatic ring is 1. The van der Waals surface area contributed by atoms with Gasteiger partial charge in [0.2, 0.25) is 0 Å². The highest BCUT2D eigenvalue weighted by Gasteiger charge is 2.03. The van der Waals surface area contributed by atoms with E-state index in [2.05, 4.69) is 5.32 Å². The van der Waals surface area contributed by atoms with E-state index in [4.69, 9.17) is 10.5 Å². The van der Waals surface area contributed by atoms with Crippen LogP contribution in [0.2, 0.25) is 0 Å². The van der Waals surface area contributed by atoms with Crippen molar-refractivity contribution < 1.29 is 9.53 Å². The Morgan fingerprint density at radius 1 is 1.15 bits per heavy atom. The molecule has 0 aliphatic carbocycles. The van der Waals surface area contributed by atoms with Crippen LogP contribution in [-0.4, -0.2) is 18.8 Å². The third kappa shape index (κ3) is 4.20. The lowest BCUT2D eigenvalue weighted by atomic mass is 10.3. The molecule has 2 rings (SSSR count). The van der Waals surface area contributed by atoms with Crippen molar-refractivity contribution in [3.63, 3.8) is 0 Å². The summed E-state index contributed by atoms with van der Waals surface area (Å²) in [6.45, 7) is -0.0335. The van der Waals surface area contributed by atoms with Gasteiger partial charge in [0.15, 0.2) is 6.61 Å². The number of rotatable bonds is 5. The van der Waals surface area contributed by atoms with Crippen molar-refractivity contribution in [2.45, 2.75) is 4.90 Å². The lowest BCUT2D eigenvalue weighted by Crippen LogP contribution is -2.20. The lowest BCUT2D eigenvalue weighted by molar-refractivity contribution is -0.118. The quantitative estimate of drug-likeness (QED) is 0.655. The summed E-state index contributed by atoms with van der Waals surface area (Å²) >= 11 is 1.66. The lowest BCUT2D eigenvalue weighted by Gasteiger charge is -2.08. The Morgan fingerprint density at radius 3 is 2.40 bits per heavy atom. The first-order chi connectivity index (χ1) is 9.67. The van der Waals surface area contributed by atoms with Crippen LogP contribution in [0.1, 0.15) is 0 Å². The van der Waals surface area contributed by atoms with E-state index in [0.717, 1.165) is 10.6 Å². The van der Waals surface area contributed by atoms with Gasteiger partial charge in [-0.3, -0.25) is 4.79 Å². The van der Waals surface area contributed by atoms with Gasteiger partial charge in [-0.15, -0.1) is 11.8 Å². The van der Waals surface area contributed by atoms with Crippen molar-refractivity contribution in [2.75, 3.05) is 23.9 Å². The molecule has 2 aromatic rings. The molecule has 0 atom stereocenters. The molecule has 0 aromatic heterocycles. The summed E-state index contributed by atoms with van der Waals surface area (Å²) in [7, 11) is 0. The summed E-state index contributed by atoms with van der Waals surface area (Å²) in [6, 6.07) is 14.6. The average molecular weight is 288 g/mol. The highest BCUT2D eigenvalue weighted by atomic mass is 32.2. The van der Waals surface area contributed by atoms with E-state index in [-0.39, 0.29) is 12.5 Å². The number of hydrogen-bond donors (Lipinski definition) is 2. The van der Waals surface area contributed by atoms with Crippen molar-refractivity contribution >= 4 is 29.0 Å². The van der Waals surface area contributed by atoms with Crippen LogP contribution in [0.25, 0.3) is 0 Å². The Hall–Kier alpha value is -2.14. The first-order valence-electron chi connectivity index (χ1n) is 6.09. The van der Waals surface area contributed by atoms with Crippen molar-refractivity contribution in [3.8, 4) is 5.75 Å². The minimum atomic E-state index is -0.196. The number of benzene rings is 2. The zero-order valence-corrected chi connectivity index (χ0v) is 11.9. The molecule has 0 aliphatic heterocycles. The van der Waals surface area contributed by atoms with Crippen LogP contribution < -0.4 is 15.8 Å². The van der Waals surface area contributed by atoms with Crippen molar-refractivity contribution in [1.29, 1.82) is 0 Å². The summed E-state index contributed by atoms with van der Waals surface area (Å²) in [5.74, 6) is 0.422. The Kier molecular flexibility index (Phi) is 4.90. The Morgan fingerprint density at radius 2 is 1.80 bits per heavy atom. The monoisotopic (exact) mass is 288 g/mol. The molecular weight excluding hydrogens is 272 g/mol. The van der Waals surface area contributed by atoms with Gasteiger partial charge in [0.25, 0.3) is 5.91 Å². The topological polar surface area (TPSA) is 64.3 Å². The summed E-state index contributed by atoms with van der Waals surface area (Å²) in [5, 5.41) is 2.78. The normalized spacial score (nSPS) is 10.1. The predicted octanol–water partition coefficient (Wildman–Crippen LogP) is 3.01. The first kappa shape index (κ1) is 14.3. The molecule has 0 spiro atoms. The fourth-order valence-electron chi connectivity index (χ4n) is 1.58. The standard InChI is InChI=1S/C15H16N2O2S/c1-20-14-8-4-12(5-9-14)17-15(18)10-19-13-6-2-11(16)3-7-13/h2-9H,10,16H2,1H3,(H,17,18). The second-order valence-electron chi connectivity index (χ2n) is 4.13. The molecule has 0 saturated carbocycles. The Bertz CT molecular complexity index is 567. The number of hydrogen-bond acceptors (Lipinski definition) is 4. The summed E-state index contributed by atoms with van der Waals surface area (Å²) in [5.41, 5.74) is 6.99. The van der Waals surface area contributed by atoms with E-state index in [0.29, 0.717) is 11.4 Å². The molecule has 4 nitrogen and oxygen atoms in total. The smallest absolute Gasteiger partial charge is 0.262 e. The fourth-order valence-corrected chi connectivity index (χ4v) is 1.99. The zero-order chi connectivity index (χ0) is 14.4. The third-order valence-corrected chi connectivity index (χ3v) is 3.37. The second kappa shape index (κ2) is 6.86. The predicted molar refractivity (Wildman–Crippen MR) is 83.2 cm³/mol. The maximum absolute atomic E-state index is 11.7. The van der Waals surface area contributed by atoms with E-state index < -0.39 is 0 Å². The van der Waals surface area contributed by atoms with Gasteiger partial charge >= 0.3 is 0 Å². The van der Waals surface area contributed by atoms with Gasteiger partial charge in [0, 0.05) is 16.3 Å². The van der Waals surface area contributed by atoms with E-state index in [1.54, 1.807) is 36.0 Å². The summed E-state index contributed by atoms with van der Waals surface area (Å²) in [4.78, 5) is 12.9. The minimum Gasteiger partial charge on any atom is -0.484 e. The maximum atomic E-state index is 11.7. The largest absolute Gasteiger partial charge is 0.484 e. The molecular formula is C15H16N2O2S. The van der Waals surface area contributed by atoms with Gasteiger partial charge in [0.1, 0.15) is 5.75 Å². The molecule has 104 valence electrons. The van der Waals surface area contributed by atoms with Gasteiger partial charge in [-0.2, -0.15) is 0 Å². The molecule has 0 aliphatic rings. The van der Waals surface area contributed by atoms with Gasteiger partial charge in [0.05, 0.1) is 0 Å². The third-order valence-electron chi connectivity index (χ3n) is 2.62. The molecule has 0 radical (unpaired) electrons. The summed E-state index contributed by atoms with van der Waals surface area (Å²) in [6.07, 6.45) is 2.01. The molecule has 0 fully saturated rings. The van der Waals surface area contributed by atoms with Crippen LogP contribution in [-0.2, 0) is 4.79 Å². The van der Waals surface area contributed by atoms with E-state index in [9.17, 15) is 4.79 Å². The summed E-state index contributed by atoms with van der Waals surface area (Å²) < 4.78 is 5.37. The van der Waals surface area contributed by atoms with Crippen molar-refractivity contribution in [1.82, 2.24) is 0 Å². The molecule has 3 N–H and O–H groups in total. The molecule has 5 heteroatoms. The SMILES string of the molecule is CSc1ccc(NC(=O)COc2ccc(N)cc2)cc1.